The molecule has 1 N–H and O–H groups in total. The maximum atomic E-state index is 13.6. The molecule has 3 rings (SSSR count). The number of aromatic nitrogens is 1. The Kier molecular flexibility index (Phi) is 3.31. The van der Waals surface area contributed by atoms with Gasteiger partial charge >= 0.3 is 5.76 Å². The minimum atomic E-state index is -1.36. The topological polar surface area (TPSA) is 55.4 Å². The molecule has 0 saturated heterocycles. The number of rotatable bonds is 3. The lowest BCUT2D eigenvalue weighted by atomic mass is 10.1. The Morgan fingerprint density at radius 1 is 1.14 bits per heavy atom. The minimum Gasteiger partial charge on any atom is -0.408 e. The van der Waals surface area contributed by atoms with Crippen LogP contribution in [0, 0.1) is 11.6 Å². The fourth-order valence-corrected chi connectivity index (χ4v) is 2.24. The third kappa shape index (κ3) is 2.34. The van der Waals surface area contributed by atoms with Crippen LogP contribution in [0.15, 0.2) is 51.7 Å². The van der Waals surface area contributed by atoms with E-state index in [4.69, 9.17) is 4.42 Å². The van der Waals surface area contributed by atoms with Crippen LogP contribution in [0.4, 0.5) is 8.78 Å². The number of aliphatic hydroxyl groups excluding tert-OH is 1. The van der Waals surface area contributed by atoms with E-state index in [0.717, 1.165) is 6.07 Å². The van der Waals surface area contributed by atoms with Crippen molar-refractivity contribution in [1.29, 1.82) is 0 Å². The number of fused-ring (bicyclic) bond motifs is 1. The van der Waals surface area contributed by atoms with Crippen molar-refractivity contribution in [2.75, 3.05) is 0 Å². The third-order valence-corrected chi connectivity index (χ3v) is 3.27. The Balaban J connectivity index is 2.00. The average Bonchev–Trinajstić information content (AvgIpc) is 2.78. The number of para-hydroxylation sites is 2. The first-order valence-corrected chi connectivity index (χ1v) is 6.28. The van der Waals surface area contributed by atoms with Gasteiger partial charge in [-0.3, -0.25) is 4.57 Å². The lowest BCUT2D eigenvalue weighted by molar-refractivity contribution is 0.149. The largest absolute Gasteiger partial charge is 0.420 e. The Labute approximate surface area is 117 Å². The zero-order chi connectivity index (χ0) is 15.0. The van der Waals surface area contributed by atoms with Crippen LogP contribution in [-0.4, -0.2) is 9.67 Å². The second-order valence-corrected chi connectivity index (χ2v) is 4.61. The molecule has 0 saturated carbocycles. The first-order chi connectivity index (χ1) is 10.1. The molecule has 0 spiro atoms. The molecule has 1 unspecified atom stereocenters. The number of nitrogens with zero attached hydrogens (tertiary/aromatic N) is 1. The van der Waals surface area contributed by atoms with Crippen LogP contribution in [0.3, 0.4) is 0 Å². The van der Waals surface area contributed by atoms with E-state index < -0.39 is 23.5 Å². The maximum absolute atomic E-state index is 13.6. The highest BCUT2D eigenvalue weighted by atomic mass is 19.2. The molecule has 0 fully saturated rings. The molecule has 0 aliphatic rings. The zero-order valence-electron chi connectivity index (χ0n) is 10.8. The fraction of sp³-hybridized carbons (Fsp3) is 0.133. The second-order valence-electron chi connectivity index (χ2n) is 4.61. The third-order valence-electron chi connectivity index (χ3n) is 3.27. The molecule has 1 heterocycles. The molecule has 6 heteroatoms. The van der Waals surface area contributed by atoms with E-state index in [9.17, 15) is 18.7 Å². The fourth-order valence-electron chi connectivity index (χ4n) is 2.24. The molecule has 0 amide bonds. The van der Waals surface area contributed by atoms with Crippen molar-refractivity contribution in [1.82, 2.24) is 4.57 Å². The van der Waals surface area contributed by atoms with Crippen molar-refractivity contribution in [3.05, 3.63) is 70.2 Å². The highest BCUT2D eigenvalue weighted by Gasteiger charge is 2.19. The van der Waals surface area contributed by atoms with Crippen molar-refractivity contribution in [3.63, 3.8) is 0 Å². The van der Waals surface area contributed by atoms with Crippen LogP contribution in [0.5, 0.6) is 0 Å². The maximum Gasteiger partial charge on any atom is 0.420 e. The van der Waals surface area contributed by atoms with E-state index in [-0.39, 0.29) is 12.1 Å². The van der Waals surface area contributed by atoms with Gasteiger partial charge in [-0.1, -0.05) is 24.3 Å². The average molecular weight is 291 g/mol. The smallest absolute Gasteiger partial charge is 0.408 e. The van der Waals surface area contributed by atoms with Crippen molar-refractivity contribution in [2.24, 2.45) is 0 Å². The molecule has 21 heavy (non-hydrogen) atoms. The highest BCUT2D eigenvalue weighted by molar-refractivity contribution is 5.72. The van der Waals surface area contributed by atoms with Crippen molar-refractivity contribution >= 4 is 11.1 Å². The van der Waals surface area contributed by atoms with Gasteiger partial charge in [-0.15, -0.1) is 0 Å². The van der Waals surface area contributed by atoms with Crippen LogP contribution >= 0.6 is 0 Å². The van der Waals surface area contributed by atoms with Gasteiger partial charge in [0.05, 0.1) is 12.1 Å². The van der Waals surface area contributed by atoms with E-state index in [1.165, 1.54) is 16.7 Å². The van der Waals surface area contributed by atoms with E-state index in [1.54, 1.807) is 24.3 Å². The van der Waals surface area contributed by atoms with Gasteiger partial charge in [-0.05, 0) is 18.2 Å². The first kappa shape index (κ1) is 13.5. The van der Waals surface area contributed by atoms with Crippen LogP contribution in [0.25, 0.3) is 11.1 Å². The van der Waals surface area contributed by atoms with Gasteiger partial charge in [0.25, 0.3) is 0 Å². The van der Waals surface area contributed by atoms with Gasteiger partial charge in [0.2, 0.25) is 0 Å². The molecule has 1 atom stereocenters. The van der Waals surface area contributed by atoms with Gasteiger partial charge in [0.15, 0.2) is 17.2 Å². The molecule has 108 valence electrons. The first-order valence-electron chi connectivity index (χ1n) is 6.28. The Bertz CT molecular complexity index is 853. The monoisotopic (exact) mass is 291 g/mol. The predicted octanol–water partition coefficient (Wildman–Crippen LogP) is 2.61. The van der Waals surface area contributed by atoms with E-state index in [2.05, 4.69) is 0 Å². The Morgan fingerprint density at radius 2 is 1.90 bits per heavy atom. The predicted molar refractivity (Wildman–Crippen MR) is 71.8 cm³/mol. The SMILES string of the molecule is O=c1oc2ccccc2n1CC(O)c1cccc(F)c1F. The number of aliphatic hydroxyl groups is 1. The molecule has 2 aromatic carbocycles. The Morgan fingerprint density at radius 3 is 2.71 bits per heavy atom. The summed E-state index contributed by atoms with van der Waals surface area (Å²) in [6.07, 6.45) is -1.36. The standard InChI is InChI=1S/C15H11F2NO3/c16-10-5-3-4-9(14(10)17)12(19)8-18-11-6-1-2-7-13(11)21-15(18)20/h1-7,12,19H,8H2. The molecule has 0 radical (unpaired) electrons. The molecular formula is C15H11F2NO3. The summed E-state index contributed by atoms with van der Waals surface area (Å²) in [5.41, 5.74) is 0.653. The van der Waals surface area contributed by atoms with E-state index in [1.807, 2.05) is 0 Å². The number of hydrogen-bond donors (Lipinski definition) is 1. The number of benzene rings is 2. The molecule has 4 nitrogen and oxygen atoms in total. The van der Waals surface area contributed by atoms with Crippen molar-refractivity contribution in [3.8, 4) is 0 Å². The van der Waals surface area contributed by atoms with Crippen molar-refractivity contribution < 1.29 is 18.3 Å². The van der Waals surface area contributed by atoms with E-state index >= 15 is 0 Å². The van der Waals surface area contributed by atoms with Gasteiger partial charge in [-0.25, -0.2) is 13.6 Å². The normalized spacial score (nSPS) is 12.7. The Hall–Kier alpha value is -2.47. The molecule has 3 aromatic rings. The molecule has 0 aliphatic carbocycles. The van der Waals surface area contributed by atoms with Crippen LogP contribution in [-0.2, 0) is 6.54 Å². The summed E-state index contributed by atoms with van der Waals surface area (Å²) in [6.45, 7) is -0.226. The highest BCUT2D eigenvalue weighted by Crippen LogP contribution is 2.22. The summed E-state index contributed by atoms with van der Waals surface area (Å²) < 4.78 is 33.0. The number of hydrogen-bond acceptors (Lipinski definition) is 3. The second kappa shape index (κ2) is 5.14. The summed E-state index contributed by atoms with van der Waals surface area (Å²) in [4.78, 5) is 11.8. The lowest BCUT2D eigenvalue weighted by Crippen LogP contribution is -2.19. The van der Waals surface area contributed by atoms with Crippen LogP contribution in [0.2, 0.25) is 0 Å². The van der Waals surface area contributed by atoms with E-state index in [0.29, 0.717) is 11.1 Å². The zero-order valence-corrected chi connectivity index (χ0v) is 10.8. The summed E-state index contributed by atoms with van der Waals surface area (Å²) in [5.74, 6) is -2.83. The summed E-state index contributed by atoms with van der Waals surface area (Å²) >= 11 is 0. The number of halogens is 2. The van der Waals surface area contributed by atoms with Gasteiger partial charge < -0.3 is 9.52 Å². The van der Waals surface area contributed by atoms with Crippen molar-refractivity contribution in [2.45, 2.75) is 12.6 Å². The van der Waals surface area contributed by atoms with Crippen LogP contribution < -0.4 is 5.76 Å². The summed E-state index contributed by atoms with van der Waals surface area (Å²) in [6, 6.07) is 10.2. The van der Waals surface area contributed by atoms with Gasteiger partial charge in [0, 0.05) is 5.56 Å². The molecule has 0 bridgehead atoms. The molecule has 0 aliphatic heterocycles. The van der Waals surface area contributed by atoms with Crippen LogP contribution in [0.1, 0.15) is 11.7 Å². The van der Waals surface area contributed by atoms with Gasteiger partial charge in [0.1, 0.15) is 6.10 Å². The summed E-state index contributed by atoms with van der Waals surface area (Å²) in [5, 5.41) is 10.1. The molecular weight excluding hydrogens is 280 g/mol. The van der Waals surface area contributed by atoms with Gasteiger partial charge in [-0.2, -0.15) is 0 Å². The summed E-state index contributed by atoms with van der Waals surface area (Å²) in [7, 11) is 0. The molecule has 1 aromatic heterocycles. The minimum absolute atomic E-state index is 0.202. The lowest BCUT2D eigenvalue weighted by Gasteiger charge is -2.12. The number of oxazole rings is 1. The quantitative estimate of drug-likeness (QED) is 0.807.